The van der Waals surface area contributed by atoms with Gasteiger partial charge in [0.15, 0.2) is 6.61 Å². The maximum Gasteiger partial charge on any atom is 0.232 e. The summed E-state index contributed by atoms with van der Waals surface area (Å²) >= 11 is 0. The summed E-state index contributed by atoms with van der Waals surface area (Å²) in [4.78, 5) is 7.98. The molecule has 1 N–H and O–H groups in total. The van der Waals surface area contributed by atoms with Crippen molar-refractivity contribution in [3.05, 3.63) is 0 Å². The summed E-state index contributed by atoms with van der Waals surface area (Å²) in [6.45, 7) is 12.3. The van der Waals surface area contributed by atoms with Crippen molar-refractivity contribution in [3.63, 3.8) is 0 Å². The molecule has 0 radical (unpaired) electrons. The quantitative estimate of drug-likeness (QED) is 0.870. The summed E-state index contributed by atoms with van der Waals surface area (Å²) in [5.41, 5.74) is 0.0474. The highest BCUT2D eigenvalue weighted by atomic mass is 16.7. The van der Waals surface area contributed by atoms with Gasteiger partial charge in [-0.2, -0.15) is 0 Å². The lowest BCUT2D eigenvalue weighted by Gasteiger charge is -2.38. The summed E-state index contributed by atoms with van der Waals surface area (Å²) in [5, 5.41) is 7.61. The molecule has 0 amide bonds. The van der Waals surface area contributed by atoms with E-state index < -0.39 is 0 Å². The van der Waals surface area contributed by atoms with Gasteiger partial charge in [-0.05, 0) is 51.9 Å². The standard InChI is InChI=1S/C15H27N3O2.C2H6/c1-15(5-7-16-8-6-15)14-17-19-12-13(20-14)11-18-9-3-2-4-10-18;1-2/h13,16H,2-12H2,1H3;1-2H3. The monoisotopic (exact) mass is 311 g/mol. The highest BCUT2D eigenvalue weighted by Crippen LogP contribution is 2.32. The fourth-order valence-electron chi connectivity index (χ4n) is 3.36. The summed E-state index contributed by atoms with van der Waals surface area (Å²) in [6, 6.07) is 0. The zero-order valence-electron chi connectivity index (χ0n) is 14.6. The molecule has 128 valence electrons. The SMILES string of the molecule is CC.CC1(C2=NOCC(CN3CCCCC3)O2)CCNCC1. The van der Waals surface area contributed by atoms with Gasteiger partial charge < -0.3 is 14.9 Å². The molecule has 2 fully saturated rings. The van der Waals surface area contributed by atoms with Gasteiger partial charge in [0.05, 0.1) is 0 Å². The minimum Gasteiger partial charge on any atom is -0.470 e. The summed E-state index contributed by atoms with van der Waals surface area (Å²) in [7, 11) is 0. The van der Waals surface area contributed by atoms with Crippen LogP contribution in [0.4, 0.5) is 0 Å². The first-order valence-corrected chi connectivity index (χ1v) is 9.06. The molecule has 1 unspecified atom stereocenters. The van der Waals surface area contributed by atoms with Gasteiger partial charge in [-0.1, -0.05) is 32.3 Å². The van der Waals surface area contributed by atoms with Crippen molar-refractivity contribution in [1.82, 2.24) is 10.2 Å². The maximum atomic E-state index is 6.19. The summed E-state index contributed by atoms with van der Waals surface area (Å²) in [6.07, 6.45) is 6.30. The Morgan fingerprint density at radius 1 is 1.18 bits per heavy atom. The number of likely N-dealkylation sites (tertiary alicyclic amines) is 1. The molecule has 5 nitrogen and oxygen atoms in total. The van der Waals surface area contributed by atoms with Crippen LogP contribution in [-0.2, 0) is 9.57 Å². The Kier molecular flexibility index (Phi) is 6.96. The molecule has 3 rings (SSSR count). The topological polar surface area (TPSA) is 46.1 Å². The Bertz CT molecular complexity index is 348. The molecule has 1 atom stereocenters. The lowest BCUT2D eigenvalue weighted by atomic mass is 9.80. The second-order valence-corrected chi connectivity index (χ2v) is 6.60. The van der Waals surface area contributed by atoms with E-state index in [-0.39, 0.29) is 11.5 Å². The third kappa shape index (κ3) is 4.59. The second kappa shape index (κ2) is 8.73. The lowest BCUT2D eigenvalue weighted by Crippen LogP contribution is -2.47. The van der Waals surface area contributed by atoms with Crippen molar-refractivity contribution in [2.75, 3.05) is 39.3 Å². The Hall–Kier alpha value is -0.810. The maximum absolute atomic E-state index is 6.19. The number of nitrogens with one attached hydrogen (secondary N) is 1. The van der Waals surface area contributed by atoms with E-state index in [9.17, 15) is 0 Å². The molecular weight excluding hydrogens is 278 g/mol. The molecule has 2 saturated heterocycles. The van der Waals surface area contributed by atoms with E-state index in [2.05, 4.69) is 22.3 Å². The smallest absolute Gasteiger partial charge is 0.232 e. The predicted octanol–water partition coefficient (Wildman–Crippen LogP) is 2.62. The zero-order valence-corrected chi connectivity index (χ0v) is 14.6. The van der Waals surface area contributed by atoms with Crippen molar-refractivity contribution < 1.29 is 9.57 Å². The lowest BCUT2D eigenvalue weighted by molar-refractivity contribution is -0.0227. The van der Waals surface area contributed by atoms with Crippen molar-refractivity contribution in [1.29, 1.82) is 0 Å². The molecule has 0 aromatic rings. The number of piperidine rings is 2. The molecule has 3 aliphatic heterocycles. The fraction of sp³-hybridized carbons (Fsp3) is 0.941. The molecule has 0 saturated carbocycles. The van der Waals surface area contributed by atoms with E-state index in [1.54, 1.807) is 0 Å². The van der Waals surface area contributed by atoms with Crippen molar-refractivity contribution in [3.8, 4) is 0 Å². The van der Waals surface area contributed by atoms with E-state index in [0.29, 0.717) is 6.61 Å². The van der Waals surface area contributed by atoms with E-state index in [0.717, 1.165) is 38.4 Å². The number of hydrogen-bond acceptors (Lipinski definition) is 5. The number of nitrogens with zero attached hydrogens (tertiary/aromatic N) is 2. The average molecular weight is 311 g/mol. The Morgan fingerprint density at radius 3 is 2.55 bits per heavy atom. The number of oxime groups is 1. The Balaban J connectivity index is 0.000000847. The minimum absolute atomic E-state index is 0.0474. The van der Waals surface area contributed by atoms with Crippen LogP contribution in [0.1, 0.15) is 52.9 Å². The average Bonchev–Trinajstić information content (AvgIpc) is 2.59. The summed E-state index contributed by atoms with van der Waals surface area (Å²) < 4.78 is 6.19. The van der Waals surface area contributed by atoms with Crippen molar-refractivity contribution >= 4 is 5.90 Å². The zero-order chi connectivity index (χ0) is 15.8. The van der Waals surface area contributed by atoms with Crippen LogP contribution in [0, 0.1) is 5.41 Å². The van der Waals surface area contributed by atoms with Gasteiger partial charge in [-0.25, -0.2) is 0 Å². The van der Waals surface area contributed by atoms with Crippen LogP contribution < -0.4 is 5.32 Å². The van der Waals surface area contributed by atoms with E-state index >= 15 is 0 Å². The molecule has 3 heterocycles. The Morgan fingerprint density at radius 2 is 1.86 bits per heavy atom. The fourth-order valence-corrected chi connectivity index (χ4v) is 3.36. The first-order chi connectivity index (χ1) is 10.8. The summed E-state index contributed by atoms with van der Waals surface area (Å²) in [5.74, 6) is 0.826. The molecule has 0 aromatic carbocycles. The first-order valence-electron chi connectivity index (χ1n) is 9.06. The van der Waals surface area contributed by atoms with Crippen LogP contribution in [0.2, 0.25) is 0 Å². The number of hydrogen-bond donors (Lipinski definition) is 1. The third-order valence-corrected chi connectivity index (χ3v) is 4.82. The van der Waals surface area contributed by atoms with Crippen molar-refractivity contribution in [2.24, 2.45) is 10.6 Å². The van der Waals surface area contributed by atoms with Gasteiger partial charge in [0, 0.05) is 12.0 Å². The molecule has 0 bridgehead atoms. The van der Waals surface area contributed by atoms with Crippen LogP contribution >= 0.6 is 0 Å². The van der Waals surface area contributed by atoms with Crippen LogP contribution in [-0.4, -0.2) is 56.2 Å². The van der Waals surface area contributed by atoms with Gasteiger partial charge in [-0.3, -0.25) is 4.90 Å². The highest BCUT2D eigenvalue weighted by molar-refractivity contribution is 5.82. The first kappa shape index (κ1) is 17.5. The molecule has 3 aliphatic rings. The number of ether oxygens (including phenoxy) is 1. The largest absolute Gasteiger partial charge is 0.470 e. The van der Waals surface area contributed by atoms with Gasteiger partial charge in [-0.15, -0.1) is 0 Å². The van der Waals surface area contributed by atoms with E-state index in [4.69, 9.17) is 9.57 Å². The minimum atomic E-state index is 0.0474. The molecule has 0 aliphatic carbocycles. The van der Waals surface area contributed by atoms with Crippen molar-refractivity contribution in [2.45, 2.75) is 59.0 Å². The normalized spacial score (nSPS) is 28.5. The number of rotatable bonds is 3. The molecule has 0 spiro atoms. The molecule has 0 aromatic heterocycles. The Labute approximate surface area is 135 Å². The van der Waals surface area contributed by atoms with Crippen LogP contribution in [0.3, 0.4) is 0 Å². The van der Waals surface area contributed by atoms with Gasteiger partial charge in [0.25, 0.3) is 0 Å². The van der Waals surface area contributed by atoms with Crippen LogP contribution in [0.25, 0.3) is 0 Å². The second-order valence-electron chi connectivity index (χ2n) is 6.60. The highest BCUT2D eigenvalue weighted by Gasteiger charge is 2.38. The van der Waals surface area contributed by atoms with Crippen LogP contribution in [0.15, 0.2) is 5.16 Å². The molecule has 22 heavy (non-hydrogen) atoms. The van der Waals surface area contributed by atoms with Gasteiger partial charge in [0.1, 0.15) is 6.10 Å². The van der Waals surface area contributed by atoms with Gasteiger partial charge in [0.2, 0.25) is 5.90 Å². The predicted molar refractivity (Wildman–Crippen MR) is 90.1 cm³/mol. The van der Waals surface area contributed by atoms with Gasteiger partial charge >= 0.3 is 0 Å². The van der Waals surface area contributed by atoms with E-state index in [1.807, 2.05) is 13.8 Å². The van der Waals surface area contributed by atoms with E-state index in [1.165, 1.54) is 32.4 Å². The third-order valence-electron chi connectivity index (χ3n) is 4.82. The van der Waals surface area contributed by atoms with Crippen LogP contribution in [0.5, 0.6) is 0 Å². The molecule has 5 heteroatoms. The molecular formula is C17H33N3O2.